The summed E-state index contributed by atoms with van der Waals surface area (Å²) in [5.74, 6) is 7.41. The average Bonchev–Trinajstić information content (AvgIpc) is 3.31. The minimum absolute atomic E-state index is 0.0773. The zero-order valence-electron chi connectivity index (χ0n) is 38.5. The highest BCUT2D eigenvalue weighted by molar-refractivity contribution is 5.96. The van der Waals surface area contributed by atoms with Gasteiger partial charge in [-0.1, -0.05) is 115 Å². The van der Waals surface area contributed by atoms with Crippen molar-refractivity contribution in [2.45, 2.75) is 229 Å². The third-order valence-corrected chi connectivity index (χ3v) is 17.2. The number of hydrogen-bond acceptors (Lipinski definition) is 6. The first-order chi connectivity index (χ1) is 30.7. The lowest BCUT2D eigenvalue weighted by molar-refractivity contribution is -0.143. The van der Waals surface area contributed by atoms with Crippen LogP contribution in [0.4, 0.5) is 0 Å². The molecule has 352 valence electrons. The molecule has 2 aliphatic heterocycles. The van der Waals surface area contributed by atoms with Gasteiger partial charge < -0.3 is 31.1 Å². The molecule has 11 heteroatoms. The third kappa shape index (κ3) is 14.7. The summed E-state index contributed by atoms with van der Waals surface area (Å²) in [5, 5.41) is 22.3. The Morgan fingerprint density at radius 3 is 1.52 bits per heavy atom. The van der Waals surface area contributed by atoms with E-state index in [1.807, 2.05) is 0 Å². The molecule has 0 aromatic heterocycles. The first-order valence-electron chi connectivity index (χ1n) is 26.2. The highest BCUT2D eigenvalue weighted by Crippen LogP contribution is 2.43. The van der Waals surface area contributed by atoms with Crippen molar-refractivity contribution >= 4 is 29.6 Å². The molecule has 2 saturated heterocycles. The summed E-state index contributed by atoms with van der Waals surface area (Å²) in [7, 11) is 0. The minimum atomic E-state index is -1.16. The Labute approximate surface area is 378 Å². The lowest BCUT2D eigenvalue weighted by Crippen LogP contribution is -2.58. The SMILES string of the molecule is O=C1COC2CCC(CC2)CC(C(=O)O)NC(=O)C(CC2CCC(C3CCCCC3)CC2)NC(=O)C(CC2CCC(C3CCCCC3)CC2)NC(=O)C(C#CCC2CCCCC2)N1. The smallest absolute Gasteiger partial charge is 0.326 e. The molecule has 6 aliphatic carbocycles. The van der Waals surface area contributed by atoms with E-state index in [-0.39, 0.29) is 30.5 Å². The molecule has 8 rings (SSSR count). The quantitative estimate of drug-likeness (QED) is 0.121. The lowest BCUT2D eigenvalue weighted by Gasteiger charge is -2.37. The maximum Gasteiger partial charge on any atom is 0.326 e. The molecule has 5 N–H and O–H groups in total. The number of rotatable bonds is 8. The van der Waals surface area contributed by atoms with Crippen molar-refractivity contribution in [3.63, 3.8) is 0 Å². The molecular formula is C52H82N4O7. The van der Waals surface area contributed by atoms with Crippen LogP contribution in [0.25, 0.3) is 0 Å². The summed E-state index contributed by atoms with van der Waals surface area (Å²) < 4.78 is 6.06. The number of carboxylic acid groups (broad SMARTS) is 1. The number of fused-ring (bicyclic) bond motifs is 16. The molecule has 4 amide bonds. The number of amides is 4. The Morgan fingerprint density at radius 2 is 1.00 bits per heavy atom. The van der Waals surface area contributed by atoms with Gasteiger partial charge in [-0.25, -0.2) is 4.79 Å². The zero-order chi connectivity index (χ0) is 44.0. The van der Waals surface area contributed by atoms with Gasteiger partial charge in [0.15, 0.2) is 6.04 Å². The van der Waals surface area contributed by atoms with Gasteiger partial charge in [-0.3, -0.25) is 19.2 Å². The molecule has 0 spiro atoms. The molecule has 8 fully saturated rings. The van der Waals surface area contributed by atoms with Gasteiger partial charge in [0.25, 0.3) is 5.91 Å². The highest BCUT2D eigenvalue weighted by Gasteiger charge is 2.38. The number of hydrogen-bond donors (Lipinski definition) is 5. The largest absolute Gasteiger partial charge is 0.480 e. The van der Waals surface area contributed by atoms with Gasteiger partial charge in [-0.15, -0.1) is 5.92 Å². The third-order valence-electron chi connectivity index (χ3n) is 17.2. The van der Waals surface area contributed by atoms with E-state index in [0.29, 0.717) is 56.3 Å². The predicted molar refractivity (Wildman–Crippen MR) is 244 cm³/mol. The zero-order valence-corrected chi connectivity index (χ0v) is 38.5. The van der Waals surface area contributed by atoms with Crippen LogP contribution in [-0.4, -0.2) is 71.6 Å². The summed E-state index contributed by atoms with van der Waals surface area (Å²) in [6.07, 6.45) is 31.9. The van der Waals surface area contributed by atoms with E-state index in [9.17, 15) is 29.1 Å². The van der Waals surface area contributed by atoms with E-state index in [2.05, 4.69) is 33.1 Å². The second-order valence-electron chi connectivity index (χ2n) is 21.6. The van der Waals surface area contributed by atoms with E-state index in [4.69, 9.17) is 4.74 Å². The molecular weight excluding hydrogens is 793 g/mol. The van der Waals surface area contributed by atoms with Gasteiger partial charge in [0.2, 0.25) is 17.7 Å². The Bertz CT molecular complexity index is 1550. The maximum absolute atomic E-state index is 14.8. The molecule has 4 unspecified atom stereocenters. The molecule has 6 saturated carbocycles. The minimum Gasteiger partial charge on any atom is -0.480 e. The topological polar surface area (TPSA) is 163 Å². The average molecular weight is 875 g/mol. The van der Waals surface area contributed by atoms with Crippen molar-refractivity contribution in [1.29, 1.82) is 0 Å². The van der Waals surface area contributed by atoms with Crippen molar-refractivity contribution in [2.75, 3.05) is 6.61 Å². The fourth-order valence-electron chi connectivity index (χ4n) is 13.3. The Kier molecular flexibility index (Phi) is 18.5. The van der Waals surface area contributed by atoms with Crippen LogP contribution in [-0.2, 0) is 28.7 Å². The Hall–Kier alpha value is -3.13. The number of carbonyl (C=O) groups is 5. The highest BCUT2D eigenvalue weighted by atomic mass is 16.5. The van der Waals surface area contributed by atoms with E-state index < -0.39 is 53.8 Å². The first kappa shape index (κ1) is 47.8. The molecule has 63 heavy (non-hydrogen) atoms. The van der Waals surface area contributed by atoms with Gasteiger partial charge in [0.05, 0.1) is 6.10 Å². The van der Waals surface area contributed by atoms with E-state index in [1.165, 1.54) is 83.5 Å². The number of nitrogens with one attached hydrogen (secondary N) is 4. The number of ether oxygens (including phenoxy) is 1. The Balaban J connectivity index is 1.12. The molecule has 4 atom stereocenters. The molecule has 0 radical (unpaired) electrons. The van der Waals surface area contributed by atoms with Crippen molar-refractivity contribution in [3.05, 3.63) is 0 Å². The van der Waals surface area contributed by atoms with Crippen molar-refractivity contribution in [1.82, 2.24) is 21.3 Å². The molecule has 2 bridgehead atoms. The standard InChI is InChI=1S/C52H82N4O7/c57-48-34-63-43-29-23-38(24-30-43)33-47(52(61)62)56-51(60)46(32-37-21-27-42(28-22-37)40-16-8-3-9-17-40)55-50(59)45(31-36-19-25-41(26-20-36)39-14-6-2-7-15-39)54-49(58)44(53-48)18-10-13-35-11-4-1-5-12-35/h35-47H,1-9,11-17,19-34H2,(H,53,57)(H,54,58)(H,55,59)(H,56,60)(H,61,62). The van der Waals surface area contributed by atoms with E-state index >= 15 is 0 Å². The van der Waals surface area contributed by atoms with Gasteiger partial charge in [-0.05, 0) is 131 Å². The van der Waals surface area contributed by atoms with Crippen LogP contribution in [0.15, 0.2) is 0 Å². The number of aliphatic carboxylic acids is 1. The molecule has 11 nitrogen and oxygen atoms in total. The fourth-order valence-corrected chi connectivity index (χ4v) is 13.3. The van der Waals surface area contributed by atoms with Gasteiger partial charge in [-0.2, -0.15) is 0 Å². The predicted octanol–water partition coefficient (Wildman–Crippen LogP) is 8.52. The summed E-state index contributed by atoms with van der Waals surface area (Å²) >= 11 is 0. The van der Waals surface area contributed by atoms with Gasteiger partial charge in [0.1, 0.15) is 24.7 Å². The first-order valence-corrected chi connectivity index (χ1v) is 26.2. The second-order valence-corrected chi connectivity index (χ2v) is 21.6. The maximum atomic E-state index is 14.8. The molecule has 2 heterocycles. The van der Waals surface area contributed by atoms with Crippen LogP contribution in [0.3, 0.4) is 0 Å². The van der Waals surface area contributed by atoms with E-state index in [1.54, 1.807) is 0 Å². The van der Waals surface area contributed by atoms with Crippen LogP contribution in [0.1, 0.15) is 199 Å². The normalized spacial score (nSPS) is 35.6. The van der Waals surface area contributed by atoms with Crippen LogP contribution < -0.4 is 21.3 Å². The summed E-state index contributed by atoms with van der Waals surface area (Å²) in [6, 6.07) is -4.13. The van der Waals surface area contributed by atoms with Crippen LogP contribution >= 0.6 is 0 Å². The molecule has 8 aliphatic rings. The van der Waals surface area contributed by atoms with E-state index in [0.717, 1.165) is 88.9 Å². The second kappa shape index (κ2) is 24.4. The monoisotopic (exact) mass is 875 g/mol. The van der Waals surface area contributed by atoms with Crippen molar-refractivity contribution in [3.8, 4) is 11.8 Å². The van der Waals surface area contributed by atoms with Crippen LogP contribution in [0.5, 0.6) is 0 Å². The summed E-state index contributed by atoms with van der Waals surface area (Å²) in [6.45, 7) is -0.213. The van der Waals surface area contributed by atoms with Gasteiger partial charge >= 0.3 is 5.97 Å². The lowest BCUT2D eigenvalue weighted by atomic mass is 9.70. The molecule has 0 aromatic rings. The fraction of sp³-hybridized carbons (Fsp3) is 0.865. The number of carbonyl (C=O) groups excluding carboxylic acids is 4. The van der Waals surface area contributed by atoms with Crippen LogP contribution in [0, 0.1) is 59.2 Å². The van der Waals surface area contributed by atoms with Crippen LogP contribution in [0.2, 0.25) is 0 Å². The summed E-state index contributed by atoms with van der Waals surface area (Å²) in [5.41, 5.74) is 0. The van der Waals surface area contributed by atoms with Crippen molar-refractivity contribution in [2.24, 2.45) is 47.3 Å². The number of carboxylic acids is 1. The van der Waals surface area contributed by atoms with Gasteiger partial charge in [0, 0.05) is 6.42 Å². The summed E-state index contributed by atoms with van der Waals surface area (Å²) in [4.78, 5) is 69.8. The Morgan fingerprint density at radius 1 is 0.524 bits per heavy atom. The molecule has 0 aromatic carbocycles. The van der Waals surface area contributed by atoms with Crippen molar-refractivity contribution < 1.29 is 33.8 Å².